The minimum Gasteiger partial charge on any atom is -0.493 e. The van der Waals surface area contributed by atoms with E-state index < -0.39 is 5.97 Å². The Morgan fingerprint density at radius 1 is 0.844 bits per heavy atom. The second kappa shape index (κ2) is 14.3. The number of unbranched alkanes of at least 4 members (excludes halogenated alkanes) is 5. The molecule has 0 bridgehead atoms. The molecular formula is C27H36O5. The number of ether oxygens (including phenoxy) is 3. The van der Waals surface area contributed by atoms with Crippen LogP contribution >= 0.6 is 0 Å². The lowest BCUT2D eigenvalue weighted by Gasteiger charge is -2.12. The van der Waals surface area contributed by atoms with Crippen molar-refractivity contribution in [1.82, 2.24) is 0 Å². The molecule has 0 aliphatic rings. The van der Waals surface area contributed by atoms with Crippen molar-refractivity contribution in [2.45, 2.75) is 65.7 Å². The molecular weight excluding hydrogens is 404 g/mol. The maximum absolute atomic E-state index is 12.7. The number of hydrogen-bond acceptors (Lipinski definition) is 5. The first kappa shape index (κ1) is 25.4. The summed E-state index contributed by atoms with van der Waals surface area (Å²) in [6.45, 7) is 7.26. The van der Waals surface area contributed by atoms with Gasteiger partial charge in [0.05, 0.1) is 18.8 Å². The summed E-state index contributed by atoms with van der Waals surface area (Å²) in [4.78, 5) is 24.8. The number of rotatable bonds is 14. The maximum atomic E-state index is 12.7. The second-order valence-electron chi connectivity index (χ2n) is 8.14. The van der Waals surface area contributed by atoms with Crippen molar-refractivity contribution in [3.63, 3.8) is 0 Å². The second-order valence-corrected chi connectivity index (χ2v) is 8.14. The quantitative estimate of drug-likeness (QED) is 0.183. The third-order valence-electron chi connectivity index (χ3n) is 5.36. The van der Waals surface area contributed by atoms with E-state index in [1.807, 2.05) is 13.0 Å². The molecule has 1 unspecified atom stereocenters. The molecule has 0 fully saturated rings. The van der Waals surface area contributed by atoms with E-state index >= 15 is 0 Å². The van der Waals surface area contributed by atoms with Gasteiger partial charge in [0, 0.05) is 0 Å². The Kier molecular flexibility index (Phi) is 11.4. The van der Waals surface area contributed by atoms with Crippen molar-refractivity contribution in [1.29, 1.82) is 0 Å². The lowest BCUT2D eigenvalue weighted by molar-refractivity contribution is 0.0447. The summed E-state index contributed by atoms with van der Waals surface area (Å²) in [5, 5.41) is 0. The largest absolute Gasteiger partial charge is 0.493 e. The molecule has 2 aromatic carbocycles. The fourth-order valence-electron chi connectivity index (χ4n) is 3.07. The third kappa shape index (κ3) is 8.74. The summed E-state index contributed by atoms with van der Waals surface area (Å²) in [5.41, 5.74) is 0.811. The van der Waals surface area contributed by atoms with Crippen LogP contribution in [0, 0.1) is 5.92 Å². The average molecular weight is 441 g/mol. The number of benzene rings is 2. The zero-order chi connectivity index (χ0) is 23.2. The maximum Gasteiger partial charge on any atom is 0.347 e. The first-order chi connectivity index (χ1) is 15.5. The zero-order valence-corrected chi connectivity index (χ0v) is 19.6. The van der Waals surface area contributed by atoms with Crippen LogP contribution in [0.15, 0.2) is 48.5 Å². The highest BCUT2D eigenvalue weighted by Gasteiger charge is 2.15. The van der Waals surface area contributed by atoms with Gasteiger partial charge in [0.25, 0.3) is 0 Å². The van der Waals surface area contributed by atoms with E-state index in [4.69, 9.17) is 14.2 Å². The van der Waals surface area contributed by atoms with Crippen LogP contribution in [0.3, 0.4) is 0 Å². The number of hydrogen-bond donors (Lipinski definition) is 0. The predicted molar refractivity (Wildman–Crippen MR) is 126 cm³/mol. The van der Waals surface area contributed by atoms with Gasteiger partial charge in [-0.3, -0.25) is 0 Å². The van der Waals surface area contributed by atoms with Crippen LogP contribution in [0.2, 0.25) is 0 Å². The van der Waals surface area contributed by atoms with Crippen molar-refractivity contribution in [3.8, 4) is 11.5 Å². The van der Waals surface area contributed by atoms with E-state index in [2.05, 4.69) is 13.8 Å². The van der Waals surface area contributed by atoms with Crippen LogP contribution in [-0.4, -0.2) is 25.2 Å². The lowest BCUT2D eigenvalue weighted by Crippen LogP contribution is -2.12. The van der Waals surface area contributed by atoms with Gasteiger partial charge in [0.15, 0.2) is 0 Å². The number of esters is 2. The molecule has 5 nitrogen and oxygen atoms in total. The molecule has 32 heavy (non-hydrogen) atoms. The van der Waals surface area contributed by atoms with Gasteiger partial charge in [-0.05, 0) is 48.7 Å². The first-order valence-corrected chi connectivity index (χ1v) is 11.8. The van der Waals surface area contributed by atoms with Crippen LogP contribution in [0.1, 0.15) is 86.4 Å². The highest BCUT2D eigenvalue weighted by Crippen LogP contribution is 2.22. The molecule has 0 heterocycles. The molecule has 5 heteroatoms. The molecule has 0 aliphatic carbocycles. The summed E-state index contributed by atoms with van der Waals surface area (Å²) in [6, 6.07) is 13.5. The highest BCUT2D eigenvalue weighted by molar-refractivity contribution is 5.94. The topological polar surface area (TPSA) is 61.8 Å². The van der Waals surface area contributed by atoms with Crippen LogP contribution in [0.5, 0.6) is 11.5 Å². The van der Waals surface area contributed by atoms with Crippen LogP contribution in [-0.2, 0) is 4.74 Å². The minimum atomic E-state index is -0.490. The number of carbonyl (C=O) groups is 2. The Hall–Kier alpha value is -2.82. The number of para-hydroxylation sites is 1. The van der Waals surface area contributed by atoms with Crippen molar-refractivity contribution in [2.24, 2.45) is 5.92 Å². The van der Waals surface area contributed by atoms with Gasteiger partial charge in [-0.1, -0.05) is 71.4 Å². The molecule has 0 aromatic heterocycles. The SMILES string of the molecule is CCCCCCCCOc1ccccc1C(=O)Oc1ccc(C(=O)OCC(C)CC)cc1. The van der Waals surface area contributed by atoms with Gasteiger partial charge >= 0.3 is 11.9 Å². The summed E-state index contributed by atoms with van der Waals surface area (Å²) >= 11 is 0. The van der Waals surface area contributed by atoms with E-state index in [1.165, 1.54) is 25.7 Å². The monoisotopic (exact) mass is 440 g/mol. The summed E-state index contributed by atoms with van der Waals surface area (Å²) in [6.07, 6.45) is 8.01. The fourth-order valence-corrected chi connectivity index (χ4v) is 3.07. The summed E-state index contributed by atoms with van der Waals surface area (Å²) < 4.78 is 16.6. The molecule has 0 N–H and O–H groups in total. The molecule has 0 saturated carbocycles. The van der Waals surface area contributed by atoms with E-state index in [-0.39, 0.29) is 5.97 Å². The van der Waals surface area contributed by atoms with Gasteiger partial charge in [0.2, 0.25) is 0 Å². The smallest absolute Gasteiger partial charge is 0.347 e. The van der Waals surface area contributed by atoms with Crippen LogP contribution < -0.4 is 9.47 Å². The molecule has 0 radical (unpaired) electrons. The Balaban J connectivity index is 1.87. The summed E-state index contributed by atoms with van der Waals surface area (Å²) in [5.74, 6) is 0.338. The van der Waals surface area contributed by atoms with Gasteiger partial charge in [-0.2, -0.15) is 0 Å². The van der Waals surface area contributed by atoms with Gasteiger partial charge in [-0.15, -0.1) is 0 Å². The Labute approximate surface area is 192 Å². The molecule has 0 aliphatic heterocycles. The van der Waals surface area contributed by atoms with Crippen LogP contribution in [0.25, 0.3) is 0 Å². The molecule has 0 spiro atoms. The van der Waals surface area contributed by atoms with Crippen LogP contribution in [0.4, 0.5) is 0 Å². The Morgan fingerprint density at radius 2 is 1.53 bits per heavy atom. The van der Waals surface area contributed by atoms with Crippen molar-refractivity contribution < 1.29 is 23.8 Å². The van der Waals surface area contributed by atoms with E-state index in [1.54, 1.807) is 42.5 Å². The standard InChI is InChI=1S/C27H36O5/c1-4-6-7-8-9-12-19-30-25-14-11-10-13-24(25)27(29)32-23-17-15-22(16-18-23)26(28)31-20-21(3)5-2/h10-11,13-18,21H,4-9,12,19-20H2,1-3H3. The number of carbonyl (C=O) groups excluding carboxylic acids is 2. The van der Waals surface area contributed by atoms with Gasteiger partial charge < -0.3 is 14.2 Å². The molecule has 2 aromatic rings. The molecule has 174 valence electrons. The van der Waals surface area contributed by atoms with E-state index in [9.17, 15) is 9.59 Å². The van der Waals surface area contributed by atoms with E-state index in [0.717, 1.165) is 19.3 Å². The van der Waals surface area contributed by atoms with Gasteiger partial charge in [-0.25, -0.2) is 9.59 Å². The predicted octanol–water partition coefficient (Wildman–Crippen LogP) is 6.85. The molecule has 2 rings (SSSR count). The lowest BCUT2D eigenvalue weighted by atomic mass is 10.1. The zero-order valence-electron chi connectivity index (χ0n) is 19.6. The third-order valence-corrected chi connectivity index (χ3v) is 5.36. The first-order valence-electron chi connectivity index (χ1n) is 11.8. The highest BCUT2D eigenvalue weighted by atomic mass is 16.5. The Bertz CT molecular complexity index is 828. The van der Waals surface area contributed by atoms with E-state index in [0.29, 0.717) is 41.8 Å². The average Bonchev–Trinajstić information content (AvgIpc) is 2.82. The molecule has 1 atom stereocenters. The Morgan fingerprint density at radius 3 is 2.25 bits per heavy atom. The molecule has 0 saturated heterocycles. The van der Waals surface area contributed by atoms with Gasteiger partial charge in [0.1, 0.15) is 17.1 Å². The van der Waals surface area contributed by atoms with Crippen molar-refractivity contribution in [2.75, 3.05) is 13.2 Å². The normalized spacial score (nSPS) is 11.6. The molecule has 0 amide bonds. The van der Waals surface area contributed by atoms with Crippen molar-refractivity contribution >= 4 is 11.9 Å². The summed E-state index contributed by atoms with van der Waals surface area (Å²) in [7, 11) is 0. The minimum absolute atomic E-state index is 0.322. The van der Waals surface area contributed by atoms with Crippen molar-refractivity contribution in [3.05, 3.63) is 59.7 Å². The fraction of sp³-hybridized carbons (Fsp3) is 0.481.